The Balaban J connectivity index is 1.56. The molecule has 0 unspecified atom stereocenters. The van der Waals surface area contributed by atoms with Crippen LogP contribution in [0.4, 0.5) is 5.69 Å². The minimum atomic E-state index is 0.566. The van der Waals surface area contributed by atoms with Crippen molar-refractivity contribution in [1.29, 1.82) is 0 Å². The highest BCUT2D eigenvalue weighted by Crippen LogP contribution is 2.44. The quantitative estimate of drug-likeness (QED) is 0.916. The van der Waals surface area contributed by atoms with Crippen LogP contribution in [0.15, 0.2) is 24.3 Å². The zero-order valence-electron chi connectivity index (χ0n) is 12.3. The van der Waals surface area contributed by atoms with E-state index in [1.165, 1.54) is 57.3 Å². The van der Waals surface area contributed by atoms with Gasteiger partial charge in [0.2, 0.25) is 0 Å². The van der Waals surface area contributed by atoms with Crippen LogP contribution >= 0.6 is 0 Å². The highest BCUT2D eigenvalue weighted by Gasteiger charge is 2.42. The monoisotopic (exact) mass is 274 g/mol. The van der Waals surface area contributed by atoms with Gasteiger partial charge in [-0.15, -0.1) is 0 Å². The lowest BCUT2D eigenvalue weighted by atomic mass is 9.73. The lowest BCUT2D eigenvalue weighted by Gasteiger charge is -2.51. The summed E-state index contributed by atoms with van der Waals surface area (Å²) in [5.74, 6) is 0.920. The molecule has 0 amide bonds. The summed E-state index contributed by atoms with van der Waals surface area (Å²) < 4.78 is 5.52. The molecule has 1 aromatic rings. The van der Waals surface area contributed by atoms with Crippen LogP contribution in [0, 0.1) is 5.41 Å². The van der Waals surface area contributed by atoms with Gasteiger partial charge in [0.15, 0.2) is 0 Å². The molecule has 20 heavy (non-hydrogen) atoms. The average molecular weight is 274 g/mol. The van der Waals surface area contributed by atoms with E-state index in [1.807, 2.05) is 0 Å². The first kappa shape index (κ1) is 13.7. The van der Waals surface area contributed by atoms with E-state index in [9.17, 15) is 0 Å². The molecular formula is C17H26N2O. The SMILES string of the molecule is NCCOc1ccc(N2CC3(CCCCCC3)C2)cc1. The molecule has 1 aliphatic carbocycles. The smallest absolute Gasteiger partial charge is 0.119 e. The molecule has 1 aliphatic heterocycles. The summed E-state index contributed by atoms with van der Waals surface area (Å²) in [7, 11) is 0. The fourth-order valence-electron chi connectivity index (χ4n) is 3.67. The zero-order valence-corrected chi connectivity index (χ0v) is 12.3. The van der Waals surface area contributed by atoms with Gasteiger partial charge in [-0.2, -0.15) is 0 Å². The number of hydrogen-bond donors (Lipinski definition) is 1. The first-order valence-electron chi connectivity index (χ1n) is 7.99. The molecule has 1 spiro atoms. The van der Waals surface area contributed by atoms with Crippen molar-refractivity contribution in [2.24, 2.45) is 11.1 Å². The van der Waals surface area contributed by atoms with Gasteiger partial charge in [-0.1, -0.05) is 25.7 Å². The molecule has 0 atom stereocenters. The van der Waals surface area contributed by atoms with Crippen LogP contribution in [0.25, 0.3) is 0 Å². The third-order valence-corrected chi connectivity index (χ3v) is 4.81. The number of hydrogen-bond acceptors (Lipinski definition) is 3. The van der Waals surface area contributed by atoms with E-state index in [-0.39, 0.29) is 0 Å². The topological polar surface area (TPSA) is 38.5 Å². The Hall–Kier alpha value is -1.22. The molecule has 1 saturated carbocycles. The number of rotatable bonds is 4. The standard InChI is InChI=1S/C17H26N2O/c18-11-12-20-16-7-5-15(6-8-16)19-13-17(14-19)9-3-1-2-4-10-17/h5-8H,1-4,9-14,18H2. The molecule has 1 heterocycles. The van der Waals surface area contributed by atoms with Gasteiger partial charge in [0.25, 0.3) is 0 Å². The van der Waals surface area contributed by atoms with E-state index < -0.39 is 0 Å². The summed E-state index contributed by atoms with van der Waals surface area (Å²) in [6.07, 6.45) is 8.60. The van der Waals surface area contributed by atoms with E-state index in [2.05, 4.69) is 29.2 Å². The van der Waals surface area contributed by atoms with Crippen LogP contribution in [0.5, 0.6) is 5.75 Å². The van der Waals surface area contributed by atoms with Gasteiger partial charge in [0.1, 0.15) is 12.4 Å². The second kappa shape index (κ2) is 6.04. The zero-order chi connectivity index (χ0) is 13.8. The van der Waals surface area contributed by atoms with Crippen molar-refractivity contribution in [1.82, 2.24) is 0 Å². The minimum absolute atomic E-state index is 0.566. The Morgan fingerprint density at radius 2 is 1.65 bits per heavy atom. The van der Waals surface area contributed by atoms with Crippen LogP contribution in [-0.2, 0) is 0 Å². The number of benzene rings is 1. The second-order valence-electron chi connectivity index (χ2n) is 6.40. The molecule has 2 aliphatic rings. The normalized spacial score (nSPS) is 21.4. The fraction of sp³-hybridized carbons (Fsp3) is 0.647. The van der Waals surface area contributed by atoms with Gasteiger partial charge < -0.3 is 15.4 Å². The highest BCUT2D eigenvalue weighted by molar-refractivity contribution is 5.52. The summed E-state index contributed by atoms with van der Waals surface area (Å²) >= 11 is 0. The molecule has 2 fully saturated rings. The maximum Gasteiger partial charge on any atom is 0.119 e. The lowest BCUT2D eigenvalue weighted by Crippen LogP contribution is -2.56. The molecular weight excluding hydrogens is 248 g/mol. The third kappa shape index (κ3) is 2.93. The van der Waals surface area contributed by atoms with Crippen molar-refractivity contribution in [3.63, 3.8) is 0 Å². The Morgan fingerprint density at radius 1 is 1.00 bits per heavy atom. The van der Waals surface area contributed by atoms with E-state index in [0.717, 1.165) is 5.75 Å². The molecule has 0 aromatic heterocycles. The van der Waals surface area contributed by atoms with Gasteiger partial charge >= 0.3 is 0 Å². The summed E-state index contributed by atoms with van der Waals surface area (Å²) in [5.41, 5.74) is 7.41. The van der Waals surface area contributed by atoms with Crippen molar-refractivity contribution >= 4 is 5.69 Å². The predicted molar refractivity (Wildman–Crippen MR) is 83.3 cm³/mol. The third-order valence-electron chi connectivity index (χ3n) is 4.81. The number of ether oxygens (including phenoxy) is 1. The summed E-state index contributed by atoms with van der Waals surface area (Å²) in [5, 5.41) is 0. The summed E-state index contributed by atoms with van der Waals surface area (Å²) in [4.78, 5) is 2.51. The van der Waals surface area contributed by atoms with Crippen LogP contribution in [0.1, 0.15) is 38.5 Å². The molecule has 110 valence electrons. The Kier molecular flexibility index (Phi) is 4.16. The number of nitrogens with two attached hydrogens (primary N) is 1. The molecule has 2 N–H and O–H groups in total. The Morgan fingerprint density at radius 3 is 2.25 bits per heavy atom. The maximum atomic E-state index is 5.52. The fourth-order valence-corrected chi connectivity index (χ4v) is 3.67. The van der Waals surface area contributed by atoms with Crippen LogP contribution < -0.4 is 15.4 Å². The summed E-state index contributed by atoms with van der Waals surface area (Å²) in [6, 6.07) is 8.47. The van der Waals surface area contributed by atoms with E-state index in [1.54, 1.807) is 0 Å². The first-order chi connectivity index (χ1) is 9.81. The Labute approximate surface area is 122 Å². The van der Waals surface area contributed by atoms with Gasteiger partial charge in [0, 0.05) is 30.7 Å². The summed E-state index contributed by atoms with van der Waals surface area (Å²) in [6.45, 7) is 3.65. The van der Waals surface area contributed by atoms with Crippen LogP contribution in [0.3, 0.4) is 0 Å². The number of nitrogens with zero attached hydrogens (tertiary/aromatic N) is 1. The maximum absolute atomic E-state index is 5.52. The molecule has 3 rings (SSSR count). The predicted octanol–water partition coefficient (Wildman–Crippen LogP) is 3.18. The molecule has 3 nitrogen and oxygen atoms in total. The van der Waals surface area contributed by atoms with E-state index >= 15 is 0 Å². The Bertz CT molecular complexity index is 413. The van der Waals surface area contributed by atoms with Gasteiger partial charge in [0.05, 0.1) is 0 Å². The van der Waals surface area contributed by atoms with Crippen molar-refractivity contribution < 1.29 is 4.74 Å². The van der Waals surface area contributed by atoms with E-state index in [4.69, 9.17) is 10.5 Å². The highest BCUT2D eigenvalue weighted by atomic mass is 16.5. The number of anilines is 1. The second-order valence-corrected chi connectivity index (χ2v) is 6.40. The molecule has 3 heteroatoms. The minimum Gasteiger partial charge on any atom is -0.492 e. The van der Waals surface area contributed by atoms with Gasteiger partial charge in [-0.3, -0.25) is 0 Å². The van der Waals surface area contributed by atoms with Crippen molar-refractivity contribution in [3.05, 3.63) is 24.3 Å². The average Bonchev–Trinajstić information content (AvgIpc) is 2.70. The van der Waals surface area contributed by atoms with Crippen molar-refractivity contribution in [2.45, 2.75) is 38.5 Å². The molecule has 1 saturated heterocycles. The van der Waals surface area contributed by atoms with E-state index in [0.29, 0.717) is 18.6 Å². The molecule has 1 aromatic carbocycles. The largest absolute Gasteiger partial charge is 0.492 e. The van der Waals surface area contributed by atoms with Gasteiger partial charge in [-0.25, -0.2) is 0 Å². The molecule has 0 bridgehead atoms. The first-order valence-corrected chi connectivity index (χ1v) is 7.99. The van der Waals surface area contributed by atoms with Crippen molar-refractivity contribution in [3.8, 4) is 5.75 Å². The van der Waals surface area contributed by atoms with Crippen LogP contribution in [0.2, 0.25) is 0 Å². The van der Waals surface area contributed by atoms with Crippen molar-refractivity contribution in [2.75, 3.05) is 31.1 Å². The van der Waals surface area contributed by atoms with Gasteiger partial charge in [-0.05, 0) is 37.1 Å². The lowest BCUT2D eigenvalue weighted by molar-refractivity contribution is 0.180. The molecule has 0 radical (unpaired) electrons. The van der Waals surface area contributed by atoms with Crippen LogP contribution in [-0.4, -0.2) is 26.2 Å².